The maximum Gasteiger partial charge on any atom is 0.573 e. The topological polar surface area (TPSA) is 99.9 Å². The van der Waals surface area contributed by atoms with E-state index >= 15 is 0 Å². The van der Waals surface area contributed by atoms with Crippen molar-refractivity contribution >= 4 is 12.1 Å². The number of amides is 4. The molecular formula is C22H26F3N5O4. The van der Waals surface area contributed by atoms with Crippen molar-refractivity contribution < 1.29 is 32.0 Å². The van der Waals surface area contributed by atoms with E-state index in [-0.39, 0.29) is 42.2 Å². The van der Waals surface area contributed by atoms with Crippen molar-refractivity contribution in [3.05, 3.63) is 36.0 Å². The molecule has 1 aromatic heterocycles. The van der Waals surface area contributed by atoms with E-state index in [2.05, 4.69) is 20.5 Å². The van der Waals surface area contributed by atoms with Gasteiger partial charge in [0.2, 0.25) is 0 Å². The number of hydrogen-bond donors (Lipinski definition) is 2. The van der Waals surface area contributed by atoms with Gasteiger partial charge in [0.05, 0.1) is 12.6 Å². The van der Waals surface area contributed by atoms with Crippen LogP contribution in [0, 0.1) is 0 Å². The molecule has 2 N–H and O–H groups in total. The van der Waals surface area contributed by atoms with E-state index in [4.69, 9.17) is 4.52 Å². The van der Waals surface area contributed by atoms with Crippen LogP contribution in [-0.2, 0) is 6.54 Å². The molecular weight excluding hydrogens is 455 g/mol. The highest BCUT2D eigenvalue weighted by Gasteiger charge is 2.39. The number of urea groups is 2. The first-order chi connectivity index (χ1) is 16.2. The van der Waals surface area contributed by atoms with Gasteiger partial charge in [-0.1, -0.05) is 17.3 Å². The second-order valence-corrected chi connectivity index (χ2v) is 8.35. The van der Waals surface area contributed by atoms with E-state index in [1.807, 2.05) is 4.90 Å². The number of halogens is 3. The molecule has 4 amide bonds. The SMILES string of the molecule is CNC(=O)N(C1CC1)[C@@H]1CCCN(C(=O)NCc2cc(-c3cccc(OC(F)(F)F)c3)on2)C1. The minimum Gasteiger partial charge on any atom is -0.406 e. The first kappa shape index (κ1) is 23.7. The molecule has 0 radical (unpaired) electrons. The molecule has 1 aliphatic heterocycles. The van der Waals surface area contributed by atoms with Gasteiger partial charge in [0.15, 0.2) is 5.76 Å². The van der Waals surface area contributed by atoms with Crippen LogP contribution in [0.4, 0.5) is 22.8 Å². The molecule has 12 heteroatoms. The summed E-state index contributed by atoms with van der Waals surface area (Å²) in [5.74, 6) is -0.117. The number of rotatable bonds is 6. The van der Waals surface area contributed by atoms with Gasteiger partial charge >= 0.3 is 18.4 Å². The van der Waals surface area contributed by atoms with E-state index in [1.54, 1.807) is 24.1 Å². The van der Waals surface area contributed by atoms with Crippen molar-refractivity contribution in [2.75, 3.05) is 20.1 Å². The Hall–Kier alpha value is -3.44. The largest absolute Gasteiger partial charge is 0.573 e. The van der Waals surface area contributed by atoms with Crippen molar-refractivity contribution in [1.29, 1.82) is 0 Å². The minimum atomic E-state index is -4.79. The van der Waals surface area contributed by atoms with Crippen LogP contribution in [0.1, 0.15) is 31.4 Å². The highest BCUT2D eigenvalue weighted by Crippen LogP contribution is 2.32. The lowest BCUT2D eigenvalue weighted by Gasteiger charge is -2.39. The average Bonchev–Trinajstić information content (AvgIpc) is 3.52. The van der Waals surface area contributed by atoms with Gasteiger partial charge in [0.1, 0.15) is 11.4 Å². The van der Waals surface area contributed by atoms with Gasteiger partial charge < -0.3 is 29.7 Å². The number of likely N-dealkylation sites (tertiary alicyclic amines) is 1. The zero-order valence-electron chi connectivity index (χ0n) is 18.6. The van der Waals surface area contributed by atoms with Crippen molar-refractivity contribution in [2.45, 2.75) is 50.7 Å². The molecule has 1 atom stereocenters. The highest BCUT2D eigenvalue weighted by molar-refractivity contribution is 5.76. The Labute approximate surface area is 194 Å². The van der Waals surface area contributed by atoms with E-state index in [0.29, 0.717) is 24.3 Å². The summed E-state index contributed by atoms with van der Waals surface area (Å²) in [5, 5.41) is 9.38. The smallest absolute Gasteiger partial charge is 0.406 e. The zero-order chi connectivity index (χ0) is 24.3. The second kappa shape index (κ2) is 9.82. The second-order valence-electron chi connectivity index (χ2n) is 8.35. The predicted molar refractivity (Wildman–Crippen MR) is 115 cm³/mol. The number of carbonyl (C=O) groups is 2. The summed E-state index contributed by atoms with van der Waals surface area (Å²) in [7, 11) is 1.61. The summed E-state index contributed by atoms with van der Waals surface area (Å²) in [6.45, 7) is 1.13. The number of hydrogen-bond acceptors (Lipinski definition) is 5. The molecule has 1 aliphatic carbocycles. The lowest BCUT2D eigenvalue weighted by atomic mass is 10.0. The first-order valence-corrected chi connectivity index (χ1v) is 11.1. The molecule has 4 rings (SSSR count). The number of alkyl halides is 3. The molecule has 2 aliphatic rings. The molecule has 2 aromatic rings. The third kappa shape index (κ3) is 5.91. The van der Waals surface area contributed by atoms with E-state index in [0.717, 1.165) is 25.7 Å². The quantitative estimate of drug-likeness (QED) is 0.655. The summed E-state index contributed by atoms with van der Waals surface area (Å²) in [6.07, 6.45) is -1.19. The van der Waals surface area contributed by atoms with Crippen molar-refractivity contribution in [3.63, 3.8) is 0 Å². The molecule has 2 heterocycles. The lowest BCUT2D eigenvalue weighted by molar-refractivity contribution is -0.274. The average molecular weight is 481 g/mol. The molecule has 9 nitrogen and oxygen atoms in total. The number of benzene rings is 1. The Bertz CT molecular complexity index is 1020. The van der Waals surface area contributed by atoms with E-state index < -0.39 is 6.36 Å². The van der Waals surface area contributed by atoms with Crippen molar-refractivity contribution in [2.24, 2.45) is 0 Å². The third-order valence-corrected chi connectivity index (χ3v) is 5.80. The Kier molecular flexibility index (Phi) is 6.85. The monoisotopic (exact) mass is 481 g/mol. The molecule has 34 heavy (non-hydrogen) atoms. The highest BCUT2D eigenvalue weighted by atomic mass is 19.4. The number of nitrogens with zero attached hydrogens (tertiary/aromatic N) is 3. The predicted octanol–water partition coefficient (Wildman–Crippen LogP) is 3.72. The standard InChI is InChI=1S/C22H26F3N5O4/c1-26-20(31)30(16-7-8-16)17-5-3-9-29(13-17)21(32)27-12-15-11-19(34-28-15)14-4-2-6-18(10-14)33-22(23,24)25/h2,4,6,10-11,16-17H,3,5,7-9,12-13H2,1H3,(H,26,31)(H,27,32)/t17-/m1/s1. The third-order valence-electron chi connectivity index (χ3n) is 5.80. The van der Waals surface area contributed by atoms with Crippen LogP contribution in [0.2, 0.25) is 0 Å². The van der Waals surface area contributed by atoms with Crippen molar-refractivity contribution in [1.82, 2.24) is 25.6 Å². The Balaban J connectivity index is 1.33. The van der Waals surface area contributed by atoms with Gasteiger partial charge in [0.25, 0.3) is 0 Å². The van der Waals surface area contributed by atoms with Crippen molar-refractivity contribution in [3.8, 4) is 17.1 Å². The maximum atomic E-state index is 12.7. The number of carbonyl (C=O) groups excluding carboxylic acids is 2. The summed E-state index contributed by atoms with van der Waals surface area (Å²) >= 11 is 0. The fraction of sp³-hybridized carbons (Fsp3) is 0.500. The molecule has 0 bridgehead atoms. The maximum absolute atomic E-state index is 12.7. The summed E-state index contributed by atoms with van der Waals surface area (Å²) < 4.78 is 46.5. The fourth-order valence-electron chi connectivity index (χ4n) is 4.13. The summed E-state index contributed by atoms with van der Waals surface area (Å²) in [6, 6.07) is 6.73. The number of aromatic nitrogens is 1. The number of nitrogens with one attached hydrogen (secondary N) is 2. The minimum absolute atomic E-state index is 0.0307. The van der Waals surface area contributed by atoms with Crippen LogP contribution in [0.15, 0.2) is 34.9 Å². The Morgan fingerprint density at radius 1 is 1.24 bits per heavy atom. The Morgan fingerprint density at radius 2 is 2.03 bits per heavy atom. The lowest BCUT2D eigenvalue weighted by Crippen LogP contribution is -2.55. The molecule has 1 saturated carbocycles. The first-order valence-electron chi connectivity index (χ1n) is 11.1. The van der Waals surface area contributed by atoms with Crippen LogP contribution in [0.25, 0.3) is 11.3 Å². The van der Waals surface area contributed by atoms with Gasteiger partial charge in [-0.05, 0) is 37.8 Å². The number of piperidine rings is 1. The van der Waals surface area contributed by atoms with Gasteiger partial charge in [-0.15, -0.1) is 13.2 Å². The van der Waals surface area contributed by atoms with Gasteiger partial charge in [-0.2, -0.15) is 0 Å². The zero-order valence-corrected chi connectivity index (χ0v) is 18.6. The fourth-order valence-corrected chi connectivity index (χ4v) is 4.13. The Morgan fingerprint density at radius 3 is 2.74 bits per heavy atom. The van der Waals surface area contributed by atoms with Crippen LogP contribution in [0.3, 0.4) is 0 Å². The molecule has 0 unspecified atom stereocenters. The van der Waals surface area contributed by atoms with Crippen LogP contribution < -0.4 is 15.4 Å². The van der Waals surface area contributed by atoms with Crippen LogP contribution in [0.5, 0.6) is 5.75 Å². The molecule has 1 aromatic carbocycles. The van der Waals surface area contributed by atoms with Gasteiger partial charge in [0, 0.05) is 37.8 Å². The van der Waals surface area contributed by atoms with Crippen LogP contribution in [-0.4, -0.2) is 65.6 Å². The number of ether oxygens (including phenoxy) is 1. The molecule has 2 fully saturated rings. The van der Waals surface area contributed by atoms with E-state index in [9.17, 15) is 22.8 Å². The molecule has 1 saturated heterocycles. The van der Waals surface area contributed by atoms with Gasteiger partial charge in [-0.25, -0.2) is 9.59 Å². The normalized spacial score (nSPS) is 18.4. The van der Waals surface area contributed by atoms with Crippen LogP contribution >= 0.6 is 0 Å². The molecule has 184 valence electrons. The van der Waals surface area contributed by atoms with Gasteiger partial charge in [-0.3, -0.25) is 0 Å². The summed E-state index contributed by atoms with van der Waals surface area (Å²) in [5.41, 5.74) is 0.782. The molecule has 0 spiro atoms. The van der Waals surface area contributed by atoms with E-state index in [1.165, 1.54) is 18.2 Å². The summed E-state index contributed by atoms with van der Waals surface area (Å²) in [4.78, 5) is 28.6.